The lowest BCUT2D eigenvalue weighted by Gasteiger charge is -2.39. The summed E-state index contributed by atoms with van der Waals surface area (Å²) < 4.78 is 8.83. The summed E-state index contributed by atoms with van der Waals surface area (Å²) in [6, 6.07) is 7.84. The number of benzene rings is 1. The van der Waals surface area contributed by atoms with Crippen LogP contribution in [0.1, 0.15) is 13.3 Å². The first-order valence-corrected chi connectivity index (χ1v) is 7.07. The fraction of sp³-hybridized carbons (Fsp3) is 0.533. The maximum absolute atomic E-state index is 12.6. The van der Waals surface area contributed by atoms with Crippen LogP contribution in [-0.2, 0) is 17.8 Å². The summed E-state index contributed by atoms with van der Waals surface area (Å²) in [4.78, 5) is 12.6. The van der Waals surface area contributed by atoms with E-state index in [9.17, 15) is 9.90 Å². The summed E-state index contributed by atoms with van der Waals surface area (Å²) in [6.45, 7) is 4.38. The quantitative estimate of drug-likeness (QED) is 0.893. The van der Waals surface area contributed by atoms with Gasteiger partial charge in [0, 0.05) is 13.1 Å². The SMILES string of the molecule is CCCn1c(=O)n(CC2(CO)COC2)c2ccccc21. The molecule has 1 fully saturated rings. The van der Waals surface area contributed by atoms with Gasteiger partial charge in [0.15, 0.2) is 0 Å². The second-order valence-electron chi connectivity index (χ2n) is 5.66. The summed E-state index contributed by atoms with van der Waals surface area (Å²) >= 11 is 0. The molecule has 20 heavy (non-hydrogen) atoms. The molecule has 0 atom stereocenters. The van der Waals surface area contributed by atoms with E-state index in [1.54, 1.807) is 4.57 Å². The zero-order chi connectivity index (χ0) is 14.2. The summed E-state index contributed by atoms with van der Waals surface area (Å²) in [7, 11) is 0. The van der Waals surface area contributed by atoms with Crippen LogP contribution < -0.4 is 5.69 Å². The van der Waals surface area contributed by atoms with E-state index in [2.05, 4.69) is 6.92 Å². The van der Waals surface area contributed by atoms with Crippen LogP contribution in [-0.4, -0.2) is 34.1 Å². The Morgan fingerprint density at radius 2 is 1.90 bits per heavy atom. The van der Waals surface area contributed by atoms with E-state index in [0.717, 1.165) is 24.0 Å². The average Bonchev–Trinajstić information content (AvgIpc) is 2.68. The molecule has 0 aliphatic carbocycles. The number of fused-ring (bicyclic) bond motifs is 1. The molecule has 2 aromatic rings. The van der Waals surface area contributed by atoms with Gasteiger partial charge in [0.05, 0.1) is 36.3 Å². The third-order valence-electron chi connectivity index (χ3n) is 4.02. The van der Waals surface area contributed by atoms with Gasteiger partial charge in [-0.1, -0.05) is 19.1 Å². The zero-order valence-electron chi connectivity index (χ0n) is 11.7. The number of imidazole rings is 1. The van der Waals surface area contributed by atoms with Crippen molar-refractivity contribution in [2.75, 3.05) is 19.8 Å². The molecule has 108 valence electrons. The maximum atomic E-state index is 12.6. The van der Waals surface area contributed by atoms with Crippen LogP contribution in [0.5, 0.6) is 0 Å². The highest BCUT2D eigenvalue weighted by Gasteiger charge is 2.39. The van der Waals surface area contributed by atoms with Crippen LogP contribution in [0.4, 0.5) is 0 Å². The first-order chi connectivity index (χ1) is 9.71. The summed E-state index contributed by atoms with van der Waals surface area (Å²) in [5, 5.41) is 9.57. The number of para-hydroxylation sites is 2. The van der Waals surface area contributed by atoms with Crippen LogP contribution in [0.2, 0.25) is 0 Å². The van der Waals surface area contributed by atoms with Crippen LogP contribution in [0.3, 0.4) is 0 Å². The molecule has 0 spiro atoms. The lowest BCUT2D eigenvalue weighted by molar-refractivity contribution is -0.144. The van der Waals surface area contributed by atoms with Crippen molar-refractivity contribution in [1.82, 2.24) is 9.13 Å². The molecule has 0 unspecified atom stereocenters. The van der Waals surface area contributed by atoms with Crippen molar-refractivity contribution >= 4 is 11.0 Å². The molecule has 0 amide bonds. The third kappa shape index (κ3) is 1.98. The standard InChI is InChI=1S/C15H20N2O3/c1-2-7-16-12-5-3-4-6-13(12)17(14(16)19)8-15(9-18)10-20-11-15/h3-6,18H,2,7-11H2,1H3. The Kier molecular flexibility index (Phi) is 3.40. The Morgan fingerprint density at radius 3 is 2.40 bits per heavy atom. The van der Waals surface area contributed by atoms with Crippen molar-refractivity contribution in [3.63, 3.8) is 0 Å². The molecule has 5 heteroatoms. The minimum absolute atomic E-state index is 0.00720. The minimum atomic E-state index is -0.301. The molecule has 0 radical (unpaired) electrons. The first-order valence-electron chi connectivity index (χ1n) is 7.07. The molecule has 1 aromatic carbocycles. The number of aliphatic hydroxyl groups is 1. The van der Waals surface area contributed by atoms with Crippen molar-refractivity contribution in [1.29, 1.82) is 0 Å². The normalized spacial score (nSPS) is 17.3. The topological polar surface area (TPSA) is 56.4 Å². The van der Waals surface area contributed by atoms with Crippen LogP contribution in [0.25, 0.3) is 11.0 Å². The fourth-order valence-corrected chi connectivity index (χ4v) is 2.82. The van der Waals surface area contributed by atoms with Crippen LogP contribution in [0, 0.1) is 5.41 Å². The first kappa shape index (κ1) is 13.4. The van der Waals surface area contributed by atoms with Gasteiger partial charge in [0.2, 0.25) is 0 Å². The second kappa shape index (κ2) is 5.07. The summed E-state index contributed by atoms with van der Waals surface area (Å²) in [6.07, 6.45) is 0.919. The summed E-state index contributed by atoms with van der Waals surface area (Å²) in [5.41, 5.74) is 1.61. The molecule has 1 aliphatic rings. The number of aryl methyl sites for hydroxylation is 1. The Labute approximate surface area is 117 Å². The highest BCUT2D eigenvalue weighted by atomic mass is 16.5. The molecule has 1 aliphatic heterocycles. The predicted molar refractivity (Wildman–Crippen MR) is 76.8 cm³/mol. The molecule has 0 saturated carbocycles. The molecule has 2 heterocycles. The maximum Gasteiger partial charge on any atom is 0.329 e. The molecule has 1 N–H and O–H groups in total. The number of aliphatic hydroxyl groups excluding tert-OH is 1. The number of ether oxygens (including phenoxy) is 1. The van der Waals surface area contributed by atoms with Gasteiger partial charge in [-0.25, -0.2) is 4.79 Å². The molecule has 3 rings (SSSR count). The van der Waals surface area contributed by atoms with Crippen molar-refractivity contribution < 1.29 is 9.84 Å². The van der Waals surface area contributed by atoms with Gasteiger partial charge in [0.25, 0.3) is 0 Å². The van der Waals surface area contributed by atoms with E-state index in [-0.39, 0.29) is 17.7 Å². The van der Waals surface area contributed by atoms with Gasteiger partial charge < -0.3 is 9.84 Å². The van der Waals surface area contributed by atoms with Crippen molar-refractivity contribution in [2.45, 2.75) is 26.4 Å². The Morgan fingerprint density at radius 1 is 1.25 bits per heavy atom. The number of rotatable bonds is 5. The molecule has 5 nitrogen and oxygen atoms in total. The molecular weight excluding hydrogens is 256 g/mol. The van der Waals surface area contributed by atoms with E-state index in [1.807, 2.05) is 28.8 Å². The molecule has 1 aromatic heterocycles. The van der Waals surface area contributed by atoms with E-state index in [0.29, 0.717) is 19.8 Å². The van der Waals surface area contributed by atoms with E-state index in [4.69, 9.17) is 4.74 Å². The third-order valence-corrected chi connectivity index (χ3v) is 4.02. The number of hydrogen-bond donors (Lipinski definition) is 1. The second-order valence-corrected chi connectivity index (χ2v) is 5.66. The lowest BCUT2D eigenvalue weighted by atomic mass is 9.87. The van der Waals surface area contributed by atoms with Gasteiger partial charge in [-0.05, 0) is 18.6 Å². The smallest absolute Gasteiger partial charge is 0.329 e. The number of aromatic nitrogens is 2. The van der Waals surface area contributed by atoms with Crippen LogP contribution >= 0.6 is 0 Å². The Bertz CT molecular complexity index is 662. The summed E-state index contributed by atoms with van der Waals surface area (Å²) in [5.74, 6) is 0. The fourth-order valence-electron chi connectivity index (χ4n) is 2.82. The van der Waals surface area contributed by atoms with E-state index >= 15 is 0 Å². The van der Waals surface area contributed by atoms with Crippen molar-refractivity contribution in [3.05, 3.63) is 34.7 Å². The van der Waals surface area contributed by atoms with Gasteiger partial charge in [-0.15, -0.1) is 0 Å². The van der Waals surface area contributed by atoms with Crippen LogP contribution in [0.15, 0.2) is 29.1 Å². The largest absolute Gasteiger partial charge is 0.396 e. The Balaban J connectivity index is 2.10. The lowest BCUT2D eigenvalue weighted by Crippen LogP contribution is -2.50. The monoisotopic (exact) mass is 276 g/mol. The highest BCUT2D eigenvalue weighted by Crippen LogP contribution is 2.29. The minimum Gasteiger partial charge on any atom is -0.396 e. The molecular formula is C15H20N2O3. The van der Waals surface area contributed by atoms with Crippen molar-refractivity contribution in [2.24, 2.45) is 5.41 Å². The average molecular weight is 276 g/mol. The van der Waals surface area contributed by atoms with E-state index in [1.165, 1.54) is 0 Å². The number of hydrogen-bond acceptors (Lipinski definition) is 3. The van der Waals surface area contributed by atoms with E-state index < -0.39 is 0 Å². The molecule has 0 bridgehead atoms. The number of nitrogens with zero attached hydrogens (tertiary/aromatic N) is 2. The predicted octanol–water partition coefficient (Wildman–Crippen LogP) is 1.22. The highest BCUT2D eigenvalue weighted by molar-refractivity contribution is 5.76. The van der Waals surface area contributed by atoms with Gasteiger partial charge in [-0.2, -0.15) is 0 Å². The van der Waals surface area contributed by atoms with Gasteiger partial charge in [0.1, 0.15) is 0 Å². The Hall–Kier alpha value is -1.59. The zero-order valence-corrected chi connectivity index (χ0v) is 11.7. The van der Waals surface area contributed by atoms with Gasteiger partial charge >= 0.3 is 5.69 Å². The molecule has 1 saturated heterocycles. The van der Waals surface area contributed by atoms with Crippen molar-refractivity contribution in [3.8, 4) is 0 Å². The van der Waals surface area contributed by atoms with Gasteiger partial charge in [-0.3, -0.25) is 9.13 Å².